The van der Waals surface area contributed by atoms with E-state index in [1.165, 1.54) is 0 Å². The van der Waals surface area contributed by atoms with Gasteiger partial charge < -0.3 is 10.4 Å². The number of hydrogen-bond donors (Lipinski definition) is 3. The third-order valence-electron chi connectivity index (χ3n) is 2.91. The van der Waals surface area contributed by atoms with E-state index in [4.69, 9.17) is 0 Å². The molecule has 0 saturated carbocycles. The van der Waals surface area contributed by atoms with Crippen LogP contribution in [0.1, 0.15) is 6.92 Å². The lowest BCUT2D eigenvalue weighted by molar-refractivity contribution is -0.121. The second kappa shape index (κ2) is 6.08. The maximum Gasteiger partial charge on any atom is 0.331 e. The van der Waals surface area contributed by atoms with Gasteiger partial charge in [0.15, 0.2) is 0 Å². The molecule has 1 amide bonds. The molecule has 0 unspecified atom stereocenters. The molecule has 7 heteroatoms. The Morgan fingerprint density at radius 2 is 1.95 bits per heavy atom. The first-order chi connectivity index (χ1) is 10.0. The molecule has 0 saturated heterocycles. The molecule has 2 aromatic rings. The zero-order chi connectivity index (χ0) is 15.4. The monoisotopic (exact) mass is 289 g/mol. The average molecular weight is 289 g/mol. The summed E-state index contributed by atoms with van der Waals surface area (Å²) in [6.07, 6.45) is 0. The van der Waals surface area contributed by atoms with E-state index in [0.717, 1.165) is 4.57 Å². The lowest BCUT2D eigenvalue weighted by atomic mass is 10.1. The minimum Gasteiger partial charge on any atom is -0.494 e. The second-order valence-electron chi connectivity index (χ2n) is 4.36. The summed E-state index contributed by atoms with van der Waals surface area (Å²) in [6.45, 7) is 1.78. The lowest BCUT2D eigenvalue weighted by Crippen LogP contribution is -2.36. The number of nitrogens with one attached hydrogen (secondary N) is 2. The molecule has 0 aliphatic carbocycles. The summed E-state index contributed by atoms with van der Waals surface area (Å²) >= 11 is 0. The Morgan fingerprint density at radius 3 is 2.57 bits per heavy atom. The lowest BCUT2D eigenvalue weighted by Gasteiger charge is -2.11. The number of hydrogen-bond acceptors (Lipinski definition) is 4. The largest absolute Gasteiger partial charge is 0.494 e. The smallest absolute Gasteiger partial charge is 0.331 e. The SMILES string of the molecule is CCNC(=O)Cn1c(O)c(-c2ccccc2)c(=O)[nH]c1=O. The topological polar surface area (TPSA) is 104 Å². The van der Waals surface area contributed by atoms with Crippen molar-refractivity contribution in [1.29, 1.82) is 0 Å². The van der Waals surface area contributed by atoms with Gasteiger partial charge in [0.25, 0.3) is 5.56 Å². The van der Waals surface area contributed by atoms with Crippen molar-refractivity contribution in [1.82, 2.24) is 14.9 Å². The van der Waals surface area contributed by atoms with Crippen LogP contribution in [0.25, 0.3) is 11.1 Å². The van der Waals surface area contributed by atoms with Crippen LogP contribution in [-0.4, -0.2) is 27.1 Å². The Balaban J connectivity index is 2.56. The number of aromatic nitrogens is 2. The zero-order valence-electron chi connectivity index (χ0n) is 11.4. The number of carbonyl (C=O) groups excluding carboxylic acids is 1. The van der Waals surface area contributed by atoms with E-state index in [-0.39, 0.29) is 12.1 Å². The van der Waals surface area contributed by atoms with Crippen LogP contribution in [0, 0.1) is 0 Å². The van der Waals surface area contributed by atoms with E-state index in [1.54, 1.807) is 37.3 Å². The van der Waals surface area contributed by atoms with Gasteiger partial charge in [-0.3, -0.25) is 19.1 Å². The fraction of sp³-hybridized carbons (Fsp3) is 0.214. The van der Waals surface area contributed by atoms with Crippen molar-refractivity contribution in [2.45, 2.75) is 13.5 Å². The molecular formula is C14H15N3O4. The molecule has 0 aliphatic rings. The van der Waals surface area contributed by atoms with E-state index >= 15 is 0 Å². The summed E-state index contributed by atoms with van der Waals surface area (Å²) in [4.78, 5) is 37.3. The Kier molecular flexibility index (Phi) is 4.22. The Labute approximate surface area is 119 Å². The minimum absolute atomic E-state index is 0.0421. The molecule has 110 valence electrons. The molecule has 0 bridgehead atoms. The first kappa shape index (κ1) is 14.6. The highest BCUT2D eigenvalue weighted by Crippen LogP contribution is 2.23. The maximum atomic E-state index is 11.9. The summed E-state index contributed by atoms with van der Waals surface area (Å²) in [5, 5.41) is 12.7. The van der Waals surface area contributed by atoms with Gasteiger partial charge in [-0.15, -0.1) is 0 Å². The van der Waals surface area contributed by atoms with Crippen molar-refractivity contribution in [2.75, 3.05) is 6.54 Å². The summed E-state index contributed by atoms with van der Waals surface area (Å²) in [5.41, 5.74) is -1.11. The van der Waals surface area contributed by atoms with Crippen LogP contribution in [0.2, 0.25) is 0 Å². The van der Waals surface area contributed by atoms with Crippen molar-refractivity contribution < 1.29 is 9.90 Å². The first-order valence-electron chi connectivity index (χ1n) is 6.42. The van der Waals surface area contributed by atoms with E-state index in [0.29, 0.717) is 12.1 Å². The molecule has 0 atom stereocenters. The van der Waals surface area contributed by atoms with Crippen LogP contribution in [0.5, 0.6) is 5.88 Å². The summed E-state index contributed by atoms with van der Waals surface area (Å²) in [7, 11) is 0. The van der Waals surface area contributed by atoms with E-state index in [2.05, 4.69) is 10.3 Å². The number of carbonyl (C=O) groups is 1. The first-order valence-corrected chi connectivity index (χ1v) is 6.42. The third-order valence-corrected chi connectivity index (χ3v) is 2.91. The maximum absolute atomic E-state index is 11.9. The van der Waals surface area contributed by atoms with Crippen LogP contribution in [0.15, 0.2) is 39.9 Å². The molecule has 7 nitrogen and oxygen atoms in total. The van der Waals surface area contributed by atoms with E-state index < -0.39 is 23.0 Å². The summed E-state index contributed by atoms with van der Waals surface area (Å²) in [5.74, 6) is -0.956. The summed E-state index contributed by atoms with van der Waals surface area (Å²) < 4.78 is 0.828. The minimum atomic E-state index is -0.830. The molecule has 0 radical (unpaired) electrons. The molecule has 0 spiro atoms. The second-order valence-corrected chi connectivity index (χ2v) is 4.36. The predicted octanol–water partition coefficient (Wildman–Crippen LogP) is 0.0453. The van der Waals surface area contributed by atoms with Gasteiger partial charge in [0, 0.05) is 6.54 Å². The number of H-pyrrole nitrogens is 1. The molecular weight excluding hydrogens is 274 g/mol. The molecule has 1 aromatic heterocycles. The third kappa shape index (κ3) is 3.02. The molecule has 2 rings (SSSR count). The van der Waals surface area contributed by atoms with Gasteiger partial charge in [-0.05, 0) is 12.5 Å². The molecule has 3 N–H and O–H groups in total. The number of rotatable bonds is 4. The normalized spacial score (nSPS) is 10.3. The van der Waals surface area contributed by atoms with Crippen molar-refractivity contribution in [3.8, 4) is 17.0 Å². The van der Waals surface area contributed by atoms with Gasteiger partial charge in [-0.25, -0.2) is 4.79 Å². The number of aromatic amines is 1. The highest BCUT2D eigenvalue weighted by molar-refractivity contribution is 5.76. The number of nitrogens with zero attached hydrogens (tertiary/aromatic N) is 1. The van der Waals surface area contributed by atoms with Crippen LogP contribution >= 0.6 is 0 Å². The van der Waals surface area contributed by atoms with Gasteiger partial charge in [-0.2, -0.15) is 0 Å². The number of aromatic hydroxyl groups is 1. The number of amides is 1. The molecule has 0 aliphatic heterocycles. The highest BCUT2D eigenvalue weighted by Gasteiger charge is 2.17. The van der Waals surface area contributed by atoms with E-state index in [9.17, 15) is 19.5 Å². The zero-order valence-corrected chi connectivity index (χ0v) is 11.4. The van der Waals surface area contributed by atoms with Crippen molar-refractivity contribution in [2.24, 2.45) is 0 Å². The van der Waals surface area contributed by atoms with Crippen LogP contribution in [0.4, 0.5) is 0 Å². The molecule has 1 aromatic carbocycles. The fourth-order valence-electron chi connectivity index (χ4n) is 1.97. The number of benzene rings is 1. The van der Waals surface area contributed by atoms with Gasteiger partial charge in [0.2, 0.25) is 11.8 Å². The average Bonchev–Trinajstić information content (AvgIpc) is 2.45. The number of likely N-dealkylation sites (N-methyl/N-ethyl adjacent to an activating group) is 1. The predicted molar refractivity (Wildman–Crippen MR) is 77.1 cm³/mol. The summed E-state index contributed by atoms with van der Waals surface area (Å²) in [6, 6.07) is 8.43. The Hall–Kier alpha value is -2.83. The highest BCUT2D eigenvalue weighted by atomic mass is 16.3. The van der Waals surface area contributed by atoms with Crippen LogP contribution < -0.4 is 16.6 Å². The Morgan fingerprint density at radius 1 is 1.29 bits per heavy atom. The van der Waals surface area contributed by atoms with Crippen LogP contribution in [0.3, 0.4) is 0 Å². The van der Waals surface area contributed by atoms with Gasteiger partial charge in [0.1, 0.15) is 12.1 Å². The van der Waals surface area contributed by atoms with Crippen molar-refractivity contribution in [3.63, 3.8) is 0 Å². The molecule has 21 heavy (non-hydrogen) atoms. The molecule has 1 heterocycles. The van der Waals surface area contributed by atoms with Gasteiger partial charge in [-0.1, -0.05) is 30.3 Å². The van der Waals surface area contributed by atoms with Crippen LogP contribution in [-0.2, 0) is 11.3 Å². The standard InChI is InChI=1S/C14H15N3O4/c1-2-15-10(18)8-17-13(20)11(12(19)16-14(17)21)9-6-4-3-5-7-9/h3-7,20H,2,8H2,1H3,(H,15,18)(H,16,19,21). The quantitative estimate of drug-likeness (QED) is 0.739. The van der Waals surface area contributed by atoms with Gasteiger partial charge in [0.05, 0.1) is 0 Å². The fourth-order valence-corrected chi connectivity index (χ4v) is 1.97. The van der Waals surface area contributed by atoms with Crippen molar-refractivity contribution in [3.05, 3.63) is 51.2 Å². The van der Waals surface area contributed by atoms with Crippen molar-refractivity contribution >= 4 is 5.91 Å². The Bertz CT molecular complexity index is 762. The molecule has 0 fully saturated rings. The van der Waals surface area contributed by atoms with E-state index in [1.807, 2.05) is 0 Å². The van der Waals surface area contributed by atoms with Gasteiger partial charge >= 0.3 is 5.69 Å².